The first-order valence-electron chi connectivity index (χ1n) is 8.77. The van der Waals surface area contributed by atoms with E-state index in [4.69, 9.17) is 0 Å². The van der Waals surface area contributed by atoms with Crippen molar-refractivity contribution in [3.8, 4) is 0 Å². The first-order valence-corrected chi connectivity index (χ1v) is 11.0. The largest absolute Gasteiger partial charge is 0.352 e. The van der Waals surface area contributed by atoms with E-state index < -0.39 is 10.0 Å². The molecule has 140 valence electrons. The number of rotatable bonds is 6. The molecule has 3 rings (SSSR count). The van der Waals surface area contributed by atoms with Crippen LogP contribution in [0, 0.1) is 5.92 Å². The number of carbonyl (C=O) groups is 1. The van der Waals surface area contributed by atoms with E-state index in [0.29, 0.717) is 29.4 Å². The maximum Gasteiger partial charge on any atom is 0.252 e. The van der Waals surface area contributed by atoms with Crippen LogP contribution >= 0.6 is 11.3 Å². The maximum atomic E-state index is 12.9. The van der Waals surface area contributed by atoms with Gasteiger partial charge in [0.2, 0.25) is 0 Å². The highest BCUT2D eigenvalue weighted by Crippen LogP contribution is 2.28. The number of sulfonamides is 1. The lowest BCUT2D eigenvalue weighted by Crippen LogP contribution is -2.43. The molecular weight excluding hydrogens is 370 g/mol. The Bertz CT molecular complexity index is 850. The predicted octanol–water partition coefficient (Wildman–Crippen LogP) is 2.54. The highest BCUT2D eigenvalue weighted by atomic mass is 32.2. The Morgan fingerprint density at radius 1 is 1.38 bits per heavy atom. The van der Waals surface area contributed by atoms with Crippen LogP contribution < -0.4 is 5.32 Å². The third kappa shape index (κ3) is 4.31. The molecule has 0 aliphatic carbocycles. The Hall–Kier alpha value is -1.77. The van der Waals surface area contributed by atoms with Gasteiger partial charge in [0.25, 0.3) is 15.9 Å². The van der Waals surface area contributed by atoms with Gasteiger partial charge in [-0.1, -0.05) is 6.92 Å². The molecule has 1 aliphatic heterocycles. The summed E-state index contributed by atoms with van der Waals surface area (Å²) in [6, 6.07) is 7.01. The molecule has 0 saturated carbocycles. The Labute approximate surface area is 158 Å². The van der Waals surface area contributed by atoms with Gasteiger partial charge < -0.3 is 5.32 Å². The first-order chi connectivity index (χ1) is 12.5. The maximum absolute atomic E-state index is 12.9. The molecule has 2 aromatic rings. The number of nitrogens with one attached hydrogen (secondary N) is 1. The summed E-state index contributed by atoms with van der Waals surface area (Å²) >= 11 is 1.34. The quantitative estimate of drug-likeness (QED) is 0.818. The van der Waals surface area contributed by atoms with Crippen molar-refractivity contribution in [2.24, 2.45) is 5.92 Å². The van der Waals surface area contributed by atoms with Crippen LogP contribution in [0.15, 0.2) is 40.9 Å². The van der Waals surface area contributed by atoms with Crippen molar-refractivity contribution >= 4 is 27.3 Å². The molecule has 0 radical (unpaired) electrons. The van der Waals surface area contributed by atoms with Crippen LogP contribution in [0.5, 0.6) is 0 Å². The second-order valence-corrected chi connectivity index (χ2v) is 9.73. The first kappa shape index (κ1) is 19.0. The second kappa shape index (κ2) is 8.28. The molecule has 1 unspecified atom stereocenters. The summed E-state index contributed by atoms with van der Waals surface area (Å²) in [5.41, 5.74) is 0.512. The number of aryl methyl sites for hydroxylation is 1. The second-order valence-electron chi connectivity index (χ2n) is 6.40. The molecule has 1 aliphatic rings. The zero-order valence-electron chi connectivity index (χ0n) is 14.7. The Morgan fingerprint density at radius 2 is 2.23 bits per heavy atom. The van der Waals surface area contributed by atoms with Gasteiger partial charge in [0, 0.05) is 36.9 Å². The average molecular weight is 394 g/mol. The number of piperidine rings is 1. The van der Waals surface area contributed by atoms with Crippen molar-refractivity contribution < 1.29 is 13.2 Å². The summed E-state index contributed by atoms with van der Waals surface area (Å²) in [7, 11) is -3.45. The van der Waals surface area contributed by atoms with E-state index in [0.717, 1.165) is 24.1 Å². The Balaban J connectivity index is 1.61. The molecule has 6 nitrogen and oxygen atoms in total. The fraction of sp³-hybridized carbons (Fsp3) is 0.444. The summed E-state index contributed by atoms with van der Waals surface area (Å²) in [4.78, 5) is 17.2. The van der Waals surface area contributed by atoms with Crippen LogP contribution in [-0.2, 0) is 16.4 Å². The van der Waals surface area contributed by atoms with Crippen molar-refractivity contribution in [3.05, 3.63) is 47.1 Å². The van der Waals surface area contributed by atoms with Gasteiger partial charge in [-0.25, -0.2) is 8.42 Å². The monoisotopic (exact) mass is 393 g/mol. The minimum absolute atomic E-state index is 0.116. The lowest BCUT2D eigenvalue weighted by atomic mass is 9.99. The molecule has 0 spiro atoms. The highest BCUT2D eigenvalue weighted by molar-refractivity contribution is 7.91. The Kier molecular flexibility index (Phi) is 6.05. The Morgan fingerprint density at radius 3 is 2.92 bits per heavy atom. The average Bonchev–Trinajstić information content (AvgIpc) is 3.17. The van der Waals surface area contributed by atoms with Crippen LogP contribution in [0.25, 0.3) is 0 Å². The van der Waals surface area contributed by atoms with E-state index in [1.165, 1.54) is 17.5 Å². The van der Waals surface area contributed by atoms with Gasteiger partial charge in [-0.05, 0) is 49.4 Å². The van der Waals surface area contributed by atoms with Crippen molar-refractivity contribution in [1.29, 1.82) is 0 Å². The van der Waals surface area contributed by atoms with E-state index in [1.807, 2.05) is 13.0 Å². The number of nitrogens with zero attached hydrogens (tertiary/aromatic N) is 2. The molecule has 1 saturated heterocycles. The minimum atomic E-state index is -3.45. The van der Waals surface area contributed by atoms with E-state index in [2.05, 4.69) is 10.3 Å². The molecule has 1 amide bonds. The summed E-state index contributed by atoms with van der Waals surface area (Å²) in [6.45, 7) is 3.46. The van der Waals surface area contributed by atoms with Gasteiger partial charge in [0.15, 0.2) is 0 Å². The molecule has 2 aromatic heterocycles. The van der Waals surface area contributed by atoms with Crippen molar-refractivity contribution in [3.63, 3.8) is 0 Å². The molecule has 1 atom stereocenters. The van der Waals surface area contributed by atoms with Crippen molar-refractivity contribution in [2.75, 3.05) is 19.6 Å². The van der Waals surface area contributed by atoms with Crippen LogP contribution in [0.3, 0.4) is 0 Å². The van der Waals surface area contributed by atoms with Gasteiger partial charge in [-0.15, -0.1) is 11.3 Å². The normalized spacial score (nSPS) is 18.6. The lowest BCUT2D eigenvalue weighted by Gasteiger charge is -2.31. The van der Waals surface area contributed by atoms with Crippen LogP contribution in [0.2, 0.25) is 0 Å². The van der Waals surface area contributed by atoms with E-state index >= 15 is 0 Å². The summed E-state index contributed by atoms with van der Waals surface area (Å²) in [5, 5.41) is 2.90. The standard InChI is InChI=1S/C18H23N3O3S2/c1-2-16-7-8-17(25-16)26(23,24)21-10-4-5-14(13-21)11-20-18(22)15-6-3-9-19-12-15/h3,6-9,12,14H,2,4-5,10-11,13H2,1H3,(H,20,22). The third-order valence-corrected chi connectivity index (χ3v) is 8.10. The van der Waals surface area contributed by atoms with Gasteiger partial charge in [-0.2, -0.15) is 4.31 Å². The number of aromatic nitrogens is 1. The predicted molar refractivity (Wildman–Crippen MR) is 102 cm³/mol. The fourth-order valence-electron chi connectivity index (χ4n) is 3.06. The third-order valence-electron chi connectivity index (χ3n) is 4.54. The topological polar surface area (TPSA) is 79.4 Å². The molecule has 0 bridgehead atoms. The molecule has 8 heteroatoms. The number of hydrogen-bond acceptors (Lipinski definition) is 5. The molecule has 1 fully saturated rings. The minimum Gasteiger partial charge on any atom is -0.352 e. The highest BCUT2D eigenvalue weighted by Gasteiger charge is 2.31. The number of thiophene rings is 1. The van der Waals surface area contributed by atoms with Crippen molar-refractivity contribution in [1.82, 2.24) is 14.6 Å². The SMILES string of the molecule is CCc1ccc(S(=O)(=O)N2CCCC(CNC(=O)c3cccnc3)C2)s1. The molecule has 3 heterocycles. The summed E-state index contributed by atoms with van der Waals surface area (Å²) < 4.78 is 27.7. The van der Waals surface area contributed by atoms with E-state index in [-0.39, 0.29) is 11.8 Å². The smallest absolute Gasteiger partial charge is 0.252 e. The number of pyridine rings is 1. The van der Waals surface area contributed by atoms with Gasteiger partial charge >= 0.3 is 0 Å². The molecular formula is C18H23N3O3S2. The van der Waals surface area contributed by atoms with Crippen LogP contribution in [0.1, 0.15) is 35.0 Å². The summed E-state index contributed by atoms with van der Waals surface area (Å²) in [6.07, 6.45) is 5.69. The molecule has 0 aromatic carbocycles. The lowest BCUT2D eigenvalue weighted by molar-refractivity contribution is 0.0941. The molecule has 26 heavy (non-hydrogen) atoms. The van der Waals surface area contributed by atoms with Gasteiger partial charge in [0.1, 0.15) is 4.21 Å². The van der Waals surface area contributed by atoms with E-state index in [1.54, 1.807) is 28.7 Å². The van der Waals surface area contributed by atoms with Crippen LogP contribution in [-0.4, -0.2) is 43.2 Å². The van der Waals surface area contributed by atoms with Gasteiger partial charge in [-0.3, -0.25) is 9.78 Å². The van der Waals surface area contributed by atoms with Crippen molar-refractivity contribution in [2.45, 2.75) is 30.4 Å². The zero-order chi connectivity index (χ0) is 18.6. The zero-order valence-corrected chi connectivity index (χ0v) is 16.4. The number of hydrogen-bond donors (Lipinski definition) is 1. The van der Waals surface area contributed by atoms with Gasteiger partial charge in [0.05, 0.1) is 5.56 Å². The summed E-state index contributed by atoms with van der Waals surface area (Å²) in [5.74, 6) is -0.0614. The van der Waals surface area contributed by atoms with E-state index in [9.17, 15) is 13.2 Å². The van der Waals surface area contributed by atoms with Crippen LogP contribution in [0.4, 0.5) is 0 Å². The molecule has 1 N–H and O–H groups in total. The number of amides is 1. The number of carbonyl (C=O) groups excluding carboxylic acids is 1. The fourth-order valence-corrected chi connectivity index (χ4v) is 6.07.